The summed E-state index contributed by atoms with van der Waals surface area (Å²) in [5.41, 5.74) is 3.99. The molecule has 150 valence electrons. The quantitative estimate of drug-likeness (QED) is 0.726. The van der Waals surface area contributed by atoms with E-state index in [1.807, 2.05) is 0 Å². The van der Waals surface area contributed by atoms with Crippen molar-refractivity contribution in [1.29, 1.82) is 0 Å². The van der Waals surface area contributed by atoms with Crippen LogP contribution >= 0.6 is 35.1 Å². The fourth-order valence-corrected chi connectivity index (χ4v) is 5.45. The molecule has 0 saturated carbocycles. The topological polar surface area (TPSA) is 72.0 Å². The van der Waals surface area contributed by atoms with E-state index in [2.05, 4.69) is 47.7 Å². The summed E-state index contributed by atoms with van der Waals surface area (Å²) >= 11 is 3.60. The van der Waals surface area contributed by atoms with Gasteiger partial charge in [-0.05, 0) is 73.7 Å². The summed E-state index contributed by atoms with van der Waals surface area (Å²) in [5, 5.41) is 13.6. The second-order valence-electron chi connectivity index (χ2n) is 6.75. The lowest BCUT2D eigenvalue weighted by Gasteiger charge is -2.30. The highest BCUT2D eigenvalue weighted by atomic mass is 35.5. The molecular weight excluding hydrogens is 402 g/mol. The van der Waals surface area contributed by atoms with Crippen LogP contribution in [0.15, 0.2) is 29.0 Å². The number of nitrogens with zero attached hydrogens (tertiary/aromatic N) is 1. The standard InChI is InChI=1S/C20H25NO2S2.ClH.H2O/c1-14-7-11-24-18(14)17(19-15(2)8-12-25-19)6-4-10-21-9-3-5-16(13-21)20(22)23;;/h6-8,11-12,16H,3-5,9-10,13H2,1-2H3,(H,22,23);1H;1H2/t16-;;/m1../s1. The predicted molar refractivity (Wildman–Crippen MR) is 117 cm³/mol. The van der Waals surface area contributed by atoms with Crippen molar-refractivity contribution in [2.75, 3.05) is 19.6 Å². The van der Waals surface area contributed by atoms with Crippen LogP contribution in [0.25, 0.3) is 5.57 Å². The molecule has 3 rings (SSSR count). The Hall–Kier alpha value is -1.18. The van der Waals surface area contributed by atoms with Crippen LogP contribution in [0.3, 0.4) is 0 Å². The zero-order valence-corrected chi connectivity index (χ0v) is 18.2. The first-order valence-corrected chi connectivity index (χ1v) is 10.6. The summed E-state index contributed by atoms with van der Waals surface area (Å²) in [7, 11) is 0. The van der Waals surface area contributed by atoms with Gasteiger partial charge in [0.15, 0.2) is 0 Å². The maximum atomic E-state index is 11.2. The number of carboxylic acid groups (broad SMARTS) is 1. The van der Waals surface area contributed by atoms with E-state index in [4.69, 9.17) is 0 Å². The molecule has 1 saturated heterocycles. The van der Waals surface area contributed by atoms with Crippen LogP contribution in [-0.2, 0) is 4.79 Å². The van der Waals surface area contributed by atoms with Gasteiger partial charge in [0.25, 0.3) is 0 Å². The molecule has 27 heavy (non-hydrogen) atoms. The molecule has 3 heterocycles. The van der Waals surface area contributed by atoms with E-state index in [0.717, 1.165) is 32.4 Å². The summed E-state index contributed by atoms with van der Waals surface area (Å²) in [5.74, 6) is -0.847. The molecule has 2 aromatic heterocycles. The first-order chi connectivity index (χ1) is 12.1. The number of piperidine rings is 1. The maximum Gasteiger partial charge on any atom is 0.307 e. The van der Waals surface area contributed by atoms with Crippen molar-refractivity contribution in [3.8, 4) is 0 Å². The van der Waals surface area contributed by atoms with Crippen LogP contribution in [0.4, 0.5) is 0 Å². The van der Waals surface area contributed by atoms with Gasteiger partial charge in [-0.2, -0.15) is 0 Å². The van der Waals surface area contributed by atoms with Gasteiger partial charge in [-0.1, -0.05) is 6.08 Å². The molecule has 1 fully saturated rings. The third kappa shape index (κ3) is 5.90. The fourth-order valence-electron chi connectivity index (χ4n) is 3.44. The summed E-state index contributed by atoms with van der Waals surface area (Å²) in [6.07, 6.45) is 5.11. The van der Waals surface area contributed by atoms with Crippen molar-refractivity contribution in [2.24, 2.45) is 5.92 Å². The van der Waals surface area contributed by atoms with E-state index in [1.165, 1.54) is 26.5 Å². The monoisotopic (exact) mass is 429 g/mol. The van der Waals surface area contributed by atoms with Gasteiger partial charge in [0.1, 0.15) is 0 Å². The fraction of sp³-hybridized carbons (Fsp3) is 0.450. The lowest BCUT2D eigenvalue weighted by atomic mass is 9.98. The third-order valence-corrected chi connectivity index (χ3v) is 6.96. The highest BCUT2D eigenvalue weighted by molar-refractivity contribution is 7.14. The maximum absolute atomic E-state index is 11.2. The first-order valence-electron chi connectivity index (χ1n) is 8.80. The minimum absolute atomic E-state index is 0. The summed E-state index contributed by atoms with van der Waals surface area (Å²) in [6, 6.07) is 4.36. The highest BCUT2D eigenvalue weighted by Crippen LogP contribution is 2.35. The molecule has 0 aromatic carbocycles. The van der Waals surface area contributed by atoms with E-state index in [1.54, 1.807) is 22.7 Å². The van der Waals surface area contributed by atoms with Gasteiger partial charge >= 0.3 is 5.97 Å². The Bertz CT molecular complexity index is 727. The number of carbonyl (C=O) groups is 1. The van der Waals surface area contributed by atoms with Crippen molar-refractivity contribution >= 4 is 46.6 Å². The van der Waals surface area contributed by atoms with Gasteiger partial charge in [-0.25, -0.2) is 0 Å². The zero-order valence-electron chi connectivity index (χ0n) is 15.7. The second kappa shape index (κ2) is 11.0. The smallest absolute Gasteiger partial charge is 0.307 e. The zero-order chi connectivity index (χ0) is 17.8. The molecule has 1 aliphatic heterocycles. The lowest BCUT2D eigenvalue weighted by Crippen LogP contribution is -2.39. The SMILES string of the molecule is Cc1ccsc1C(=CCCN1CCC[C@@H](C(=O)O)C1)c1sccc1C.Cl.O. The van der Waals surface area contributed by atoms with Crippen LogP contribution in [0, 0.1) is 19.8 Å². The largest absolute Gasteiger partial charge is 0.481 e. The number of likely N-dealkylation sites (tertiary alicyclic amines) is 1. The molecule has 0 amide bonds. The van der Waals surface area contributed by atoms with Crippen LogP contribution in [-0.4, -0.2) is 41.1 Å². The predicted octanol–water partition coefficient (Wildman–Crippen LogP) is 4.64. The third-order valence-electron chi connectivity index (χ3n) is 4.86. The molecule has 3 N–H and O–H groups in total. The molecule has 0 bridgehead atoms. The molecule has 7 heteroatoms. The van der Waals surface area contributed by atoms with Gasteiger partial charge in [-0.15, -0.1) is 35.1 Å². The average Bonchev–Trinajstić information content (AvgIpc) is 3.21. The van der Waals surface area contributed by atoms with Crippen molar-refractivity contribution in [2.45, 2.75) is 33.1 Å². The van der Waals surface area contributed by atoms with E-state index >= 15 is 0 Å². The molecule has 0 aliphatic carbocycles. The number of hydrogen-bond donors (Lipinski definition) is 1. The van der Waals surface area contributed by atoms with Crippen molar-refractivity contribution in [3.63, 3.8) is 0 Å². The lowest BCUT2D eigenvalue weighted by molar-refractivity contribution is -0.143. The molecule has 2 aromatic rings. The van der Waals surface area contributed by atoms with Crippen LogP contribution in [0.1, 0.15) is 40.1 Å². The van der Waals surface area contributed by atoms with Gasteiger partial charge in [0.2, 0.25) is 0 Å². The number of halogens is 1. The Balaban J connectivity index is 0.00000182. The molecule has 0 unspecified atom stereocenters. The van der Waals surface area contributed by atoms with Crippen molar-refractivity contribution in [1.82, 2.24) is 4.90 Å². The van der Waals surface area contributed by atoms with Crippen molar-refractivity contribution in [3.05, 3.63) is 49.9 Å². The number of thiophene rings is 2. The summed E-state index contributed by atoms with van der Waals surface area (Å²) < 4.78 is 0. The molecule has 0 spiro atoms. The number of aryl methyl sites for hydroxylation is 2. The van der Waals surface area contributed by atoms with E-state index < -0.39 is 5.97 Å². The highest BCUT2D eigenvalue weighted by Gasteiger charge is 2.24. The van der Waals surface area contributed by atoms with Gasteiger partial charge in [0.05, 0.1) is 5.92 Å². The summed E-state index contributed by atoms with van der Waals surface area (Å²) in [6.45, 7) is 6.98. The van der Waals surface area contributed by atoms with Gasteiger partial charge in [-0.3, -0.25) is 4.79 Å². The molecule has 0 radical (unpaired) electrons. The van der Waals surface area contributed by atoms with E-state index in [0.29, 0.717) is 6.54 Å². The van der Waals surface area contributed by atoms with Crippen LogP contribution in [0.5, 0.6) is 0 Å². The average molecular weight is 430 g/mol. The van der Waals surface area contributed by atoms with Crippen LogP contribution < -0.4 is 0 Å². The van der Waals surface area contributed by atoms with Gasteiger partial charge < -0.3 is 15.5 Å². The normalized spacial score (nSPS) is 16.9. The van der Waals surface area contributed by atoms with Crippen LogP contribution in [0.2, 0.25) is 0 Å². The Kier molecular flexibility index (Phi) is 9.70. The Morgan fingerprint density at radius 2 is 1.81 bits per heavy atom. The molecule has 1 atom stereocenters. The molecular formula is C20H28ClNO3S2. The minimum Gasteiger partial charge on any atom is -0.481 e. The molecule has 4 nitrogen and oxygen atoms in total. The number of carboxylic acids is 1. The number of aliphatic carboxylic acids is 1. The first kappa shape index (κ1) is 23.9. The number of rotatable bonds is 6. The molecule has 1 aliphatic rings. The Morgan fingerprint density at radius 1 is 1.22 bits per heavy atom. The van der Waals surface area contributed by atoms with Crippen molar-refractivity contribution < 1.29 is 15.4 Å². The second-order valence-corrected chi connectivity index (χ2v) is 8.58. The minimum atomic E-state index is -0.649. The Labute approximate surface area is 175 Å². The van der Waals surface area contributed by atoms with Gasteiger partial charge in [0, 0.05) is 28.4 Å². The van der Waals surface area contributed by atoms with E-state index in [9.17, 15) is 9.90 Å². The number of hydrogen-bond acceptors (Lipinski definition) is 4. The van der Waals surface area contributed by atoms with E-state index in [-0.39, 0.29) is 23.8 Å². The Morgan fingerprint density at radius 3 is 2.30 bits per heavy atom. The summed E-state index contributed by atoms with van der Waals surface area (Å²) in [4.78, 5) is 16.2.